The molecule has 0 saturated carbocycles. The molecule has 0 aromatic carbocycles. The van der Waals surface area contributed by atoms with Gasteiger partial charge in [0.1, 0.15) is 19.7 Å². The summed E-state index contributed by atoms with van der Waals surface area (Å²) >= 11 is 0. The van der Waals surface area contributed by atoms with Crippen molar-refractivity contribution in [3.8, 4) is 0 Å². The molecule has 1 rings (SSSR count). The van der Waals surface area contributed by atoms with Crippen LogP contribution in [0.3, 0.4) is 0 Å². The van der Waals surface area contributed by atoms with Crippen LogP contribution in [0.4, 0.5) is 0 Å². The monoisotopic (exact) mass is 906 g/mol. The van der Waals surface area contributed by atoms with Crippen LogP contribution >= 0.6 is 7.82 Å². The van der Waals surface area contributed by atoms with Crippen molar-refractivity contribution < 1.29 is 51.8 Å². The Bertz CT molecular complexity index is 1160. The molecule has 15 heteroatoms. The van der Waals surface area contributed by atoms with E-state index in [0.717, 1.165) is 38.5 Å². The smallest absolute Gasteiger partial charge is 0.355 e. The number of hydrogen-bond acceptors (Lipinski definition) is 11. The second-order valence-corrected chi connectivity index (χ2v) is 17.8. The lowest BCUT2D eigenvalue weighted by Crippen LogP contribution is -2.42. The number of carbonyl (C=O) groups is 3. The number of ketones is 1. The first kappa shape index (κ1) is 60.3. The van der Waals surface area contributed by atoms with E-state index in [-0.39, 0.29) is 60.2 Å². The number of likely N-dealkylation sites (N-methyl/N-ethyl adjacent to an activating group) is 1. The maximum atomic E-state index is 12.8. The highest BCUT2D eigenvalue weighted by Crippen LogP contribution is 2.44. The maximum Gasteiger partial charge on any atom is 0.472 e. The minimum absolute atomic E-state index is 0. The standard InChI is InChI=1S/C46H88N3O11P.CH4/c1-4-6-8-10-12-14-16-18-19-21-23-25-27-29-31-36-56-41-58-39-42(38-57-40-55-35-30-28-26-24-22-20-17-15-13-11-9-7-5-2)60-61(53,54)59-37-34-48-44(51)33-32-43(50)46(47-3)45(52)49-46;/h18-19,42,47H,4-17,20-41H2,1-3H3,(H,48,51)(H,49,52)(H,53,54);1H4/b19-18-;. The van der Waals surface area contributed by atoms with Crippen LogP contribution in [0.25, 0.3) is 0 Å². The van der Waals surface area contributed by atoms with Gasteiger partial charge >= 0.3 is 7.82 Å². The molecule has 1 fully saturated rings. The highest BCUT2D eigenvalue weighted by Gasteiger charge is 2.58. The number of hydrogen-bond donors (Lipinski definition) is 4. The van der Waals surface area contributed by atoms with Crippen molar-refractivity contribution in [2.75, 3.05) is 60.2 Å². The molecule has 0 aliphatic carbocycles. The number of nitrogens with one attached hydrogen (secondary N) is 3. The zero-order valence-electron chi connectivity index (χ0n) is 38.7. The molecular formula is C47H92N3O11P. The lowest BCUT2D eigenvalue weighted by Gasteiger charge is -2.21. The van der Waals surface area contributed by atoms with Crippen LogP contribution < -0.4 is 16.0 Å². The largest absolute Gasteiger partial charge is 0.472 e. The number of ether oxygens (including phenoxy) is 4. The Hall–Kier alpha value is -1.74. The maximum absolute atomic E-state index is 12.8. The average molecular weight is 906 g/mol. The first-order chi connectivity index (χ1) is 29.7. The van der Waals surface area contributed by atoms with Crippen molar-refractivity contribution in [2.45, 2.75) is 213 Å². The number of phosphoric acid groups is 1. The Morgan fingerprint density at radius 1 is 0.661 bits per heavy atom. The molecule has 14 nitrogen and oxygen atoms in total. The van der Waals surface area contributed by atoms with E-state index >= 15 is 0 Å². The number of amides is 2. The van der Waals surface area contributed by atoms with Crippen molar-refractivity contribution in [2.24, 2.45) is 0 Å². The third-order valence-electron chi connectivity index (χ3n) is 10.8. The summed E-state index contributed by atoms with van der Waals surface area (Å²) in [4.78, 5) is 46.3. The Morgan fingerprint density at radius 3 is 1.50 bits per heavy atom. The van der Waals surface area contributed by atoms with Crippen LogP contribution in [0.15, 0.2) is 12.2 Å². The molecule has 62 heavy (non-hydrogen) atoms. The second-order valence-electron chi connectivity index (χ2n) is 16.4. The zero-order chi connectivity index (χ0) is 44.5. The van der Waals surface area contributed by atoms with E-state index in [0.29, 0.717) is 13.2 Å². The van der Waals surface area contributed by atoms with Gasteiger partial charge in [0.2, 0.25) is 11.6 Å². The van der Waals surface area contributed by atoms with Crippen molar-refractivity contribution >= 4 is 25.4 Å². The van der Waals surface area contributed by atoms with E-state index in [9.17, 15) is 23.8 Å². The van der Waals surface area contributed by atoms with E-state index in [4.69, 9.17) is 28.0 Å². The van der Waals surface area contributed by atoms with E-state index in [1.54, 1.807) is 0 Å². The molecule has 1 aliphatic rings. The number of phosphoric ester groups is 1. The molecule has 4 N–H and O–H groups in total. The van der Waals surface area contributed by atoms with Crippen molar-refractivity contribution in [3.63, 3.8) is 0 Å². The van der Waals surface area contributed by atoms with Crippen molar-refractivity contribution in [3.05, 3.63) is 12.2 Å². The first-order valence-corrected chi connectivity index (χ1v) is 25.6. The lowest BCUT2D eigenvalue weighted by atomic mass is 10.0. The van der Waals surface area contributed by atoms with Crippen LogP contribution in [-0.2, 0) is 46.9 Å². The number of rotatable bonds is 48. The van der Waals surface area contributed by atoms with Gasteiger partial charge in [0.05, 0.1) is 19.8 Å². The van der Waals surface area contributed by atoms with Crippen molar-refractivity contribution in [1.29, 1.82) is 0 Å². The Labute approximate surface area is 377 Å². The van der Waals surface area contributed by atoms with Gasteiger partial charge in [-0.3, -0.25) is 28.7 Å². The van der Waals surface area contributed by atoms with Gasteiger partial charge in [0.25, 0.3) is 5.91 Å². The first-order valence-electron chi connectivity index (χ1n) is 24.1. The molecule has 2 amide bonds. The molecule has 0 radical (unpaired) electrons. The predicted octanol–water partition coefficient (Wildman–Crippen LogP) is 10.4. The molecule has 3 atom stereocenters. The Morgan fingerprint density at radius 2 is 1.08 bits per heavy atom. The summed E-state index contributed by atoms with van der Waals surface area (Å²) in [6.45, 7) is 5.09. The quantitative estimate of drug-likeness (QED) is 0.0113. The van der Waals surface area contributed by atoms with Gasteiger partial charge in [-0.15, -0.1) is 0 Å². The van der Waals surface area contributed by atoms with Gasteiger partial charge < -0.3 is 34.5 Å². The summed E-state index contributed by atoms with van der Waals surface area (Å²) in [5.41, 5.74) is -1.40. The normalized spacial score (nSPS) is 16.2. The average Bonchev–Trinajstić information content (AvgIpc) is 3.93. The van der Waals surface area contributed by atoms with Crippen LogP contribution in [0, 0.1) is 0 Å². The number of allylic oxidation sites excluding steroid dienone is 2. The highest BCUT2D eigenvalue weighted by molar-refractivity contribution is 7.47. The van der Waals surface area contributed by atoms with Gasteiger partial charge in [0.15, 0.2) is 5.78 Å². The molecular weight excluding hydrogens is 814 g/mol. The Kier molecular flexibility index (Phi) is 40.8. The van der Waals surface area contributed by atoms with Crippen LogP contribution in [-0.4, -0.2) is 94.5 Å². The summed E-state index contributed by atoms with van der Waals surface area (Å²) in [5.74, 6) is -1.33. The molecule has 366 valence electrons. The zero-order valence-corrected chi connectivity index (χ0v) is 39.6. The molecule has 1 aliphatic heterocycles. The second kappa shape index (κ2) is 41.9. The fourth-order valence-corrected chi connectivity index (χ4v) is 7.81. The molecule has 0 bridgehead atoms. The van der Waals surface area contributed by atoms with E-state index in [1.807, 2.05) is 0 Å². The number of carbonyl (C=O) groups excluding carboxylic acids is 3. The molecule has 1 heterocycles. The fraction of sp³-hybridized carbons (Fsp3) is 0.894. The van der Waals surface area contributed by atoms with Crippen LogP contribution in [0.1, 0.15) is 201 Å². The SMILES string of the molecule is C.CCCCCCCC/C=C\CCCCCCCOCOCC(COCOCCCCCCCCCCCCCCC)OP(=O)(O)OCCNC(=O)CCC(=O)C1(NC)NC1=O. The minimum atomic E-state index is -4.56. The minimum Gasteiger partial charge on any atom is -0.355 e. The molecule has 1 saturated heterocycles. The summed E-state index contributed by atoms with van der Waals surface area (Å²) in [7, 11) is -3.08. The van der Waals surface area contributed by atoms with Gasteiger partial charge in [-0.1, -0.05) is 162 Å². The number of Topliss-reactive ketones (excluding diaryl/α,β-unsaturated/α-hetero) is 1. The van der Waals surface area contributed by atoms with E-state index in [1.165, 1.54) is 135 Å². The third-order valence-corrected chi connectivity index (χ3v) is 11.9. The van der Waals surface area contributed by atoms with Gasteiger partial charge in [-0.2, -0.15) is 0 Å². The third kappa shape index (κ3) is 34.6. The lowest BCUT2D eigenvalue weighted by molar-refractivity contribution is -0.128. The summed E-state index contributed by atoms with van der Waals surface area (Å²) in [6, 6.07) is 0. The highest BCUT2D eigenvalue weighted by atomic mass is 31.2. The topological polar surface area (TPSA) is 190 Å². The van der Waals surface area contributed by atoms with Crippen molar-refractivity contribution in [1.82, 2.24) is 16.0 Å². The molecule has 3 unspecified atom stereocenters. The van der Waals surface area contributed by atoms with E-state index in [2.05, 4.69) is 41.9 Å². The predicted molar refractivity (Wildman–Crippen MR) is 249 cm³/mol. The number of unbranched alkanes of at least 4 members (excludes halogenated alkanes) is 23. The summed E-state index contributed by atoms with van der Waals surface area (Å²) in [5, 5.41) is 7.58. The van der Waals surface area contributed by atoms with Crippen LogP contribution in [0.2, 0.25) is 0 Å². The van der Waals surface area contributed by atoms with Gasteiger partial charge in [-0.25, -0.2) is 4.57 Å². The molecule has 0 aromatic rings. The fourth-order valence-electron chi connectivity index (χ4n) is 6.92. The van der Waals surface area contributed by atoms with Crippen LogP contribution in [0.5, 0.6) is 0 Å². The summed E-state index contributed by atoms with van der Waals surface area (Å²) < 4.78 is 45.7. The molecule has 0 spiro atoms. The summed E-state index contributed by atoms with van der Waals surface area (Å²) in [6.07, 6.45) is 36.0. The Balaban J connectivity index is 0.0000372. The van der Waals surface area contributed by atoms with E-state index < -0.39 is 37.2 Å². The molecule has 0 aromatic heterocycles. The van der Waals surface area contributed by atoms with Gasteiger partial charge in [0, 0.05) is 32.6 Å². The van der Waals surface area contributed by atoms with Gasteiger partial charge in [-0.05, 0) is 45.6 Å².